The number of hydrogen-bond donors (Lipinski definition) is 1. The lowest BCUT2D eigenvalue weighted by molar-refractivity contribution is -0.156. The Labute approximate surface area is 146 Å². The molecule has 0 bridgehead atoms. The zero-order chi connectivity index (χ0) is 17.9. The van der Waals surface area contributed by atoms with Gasteiger partial charge in [-0.25, -0.2) is 0 Å². The first-order valence-electron chi connectivity index (χ1n) is 8.70. The molecule has 0 saturated carbocycles. The van der Waals surface area contributed by atoms with E-state index in [4.69, 9.17) is 4.74 Å². The van der Waals surface area contributed by atoms with Crippen LogP contribution in [-0.4, -0.2) is 55.2 Å². The van der Waals surface area contributed by atoms with E-state index in [1.54, 1.807) is 0 Å². The minimum Gasteiger partial charge on any atom is -0.459 e. The molecule has 2 atom stereocenters. The second-order valence-electron chi connectivity index (χ2n) is 7.69. The fourth-order valence-corrected chi connectivity index (χ4v) is 3.45. The van der Waals surface area contributed by atoms with Crippen LogP contribution in [0.5, 0.6) is 0 Å². The predicted octanol–water partition coefficient (Wildman–Crippen LogP) is 2.97. The summed E-state index contributed by atoms with van der Waals surface area (Å²) in [6.07, 6.45) is 0. The Morgan fingerprint density at radius 2 is 1.88 bits per heavy atom. The number of piperazine rings is 1. The molecule has 0 spiro atoms. The molecule has 1 fully saturated rings. The number of rotatable bonds is 4. The van der Waals surface area contributed by atoms with E-state index >= 15 is 0 Å². The Morgan fingerprint density at radius 3 is 2.42 bits per heavy atom. The van der Waals surface area contributed by atoms with Crippen LogP contribution >= 0.6 is 0 Å². The summed E-state index contributed by atoms with van der Waals surface area (Å²) in [5.41, 5.74) is 1.91. The van der Waals surface area contributed by atoms with Gasteiger partial charge in [-0.05, 0) is 52.8 Å². The van der Waals surface area contributed by atoms with Crippen molar-refractivity contribution in [2.45, 2.75) is 52.3 Å². The largest absolute Gasteiger partial charge is 0.459 e. The number of ether oxygens (including phenoxy) is 1. The summed E-state index contributed by atoms with van der Waals surface area (Å²) >= 11 is 0. The second-order valence-corrected chi connectivity index (χ2v) is 7.69. The summed E-state index contributed by atoms with van der Waals surface area (Å²) in [6.45, 7) is 12.2. The zero-order valence-electron chi connectivity index (χ0n) is 15.8. The molecule has 1 saturated heterocycles. The number of carbonyl (C=O) groups is 1. The molecule has 1 aliphatic rings. The summed E-state index contributed by atoms with van der Waals surface area (Å²) in [5, 5.41) is 3.19. The molecule has 0 radical (unpaired) electrons. The van der Waals surface area contributed by atoms with Crippen LogP contribution in [0.1, 0.15) is 34.6 Å². The van der Waals surface area contributed by atoms with Crippen LogP contribution in [0.25, 0.3) is 0 Å². The molecular formula is C19H31N3O2. The van der Waals surface area contributed by atoms with Crippen LogP contribution in [0.3, 0.4) is 0 Å². The molecule has 0 aromatic heterocycles. The van der Waals surface area contributed by atoms with Crippen LogP contribution in [0, 0.1) is 0 Å². The van der Waals surface area contributed by atoms with Crippen molar-refractivity contribution in [2.24, 2.45) is 0 Å². The normalized spacial score (nSPS) is 22.3. The monoisotopic (exact) mass is 333 g/mol. The maximum Gasteiger partial charge on any atom is 0.320 e. The molecule has 24 heavy (non-hydrogen) atoms. The first-order valence-corrected chi connectivity index (χ1v) is 8.70. The fourth-order valence-electron chi connectivity index (χ4n) is 3.45. The van der Waals surface area contributed by atoms with Gasteiger partial charge in [-0.3, -0.25) is 9.69 Å². The molecule has 1 aromatic carbocycles. The number of carbonyl (C=O) groups excluding carboxylic acids is 1. The molecular weight excluding hydrogens is 302 g/mol. The van der Waals surface area contributed by atoms with Crippen molar-refractivity contribution in [3.8, 4) is 0 Å². The number of hydrogen-bond acceptors (Lipinski definition) is 5. The molecule has 1 aliphatic heterocycles. The summed E-state index contributed by atoms with van der Waals surface area (Å²) < 4.78 is 5.45. The number of anilines is 2. The molecule has 5 nitrogen and oxygen atoms in total. The molecule has 2 rings (SSSR count). The van der Waals surface area contributed by atoms with E-state index in [9.17, 15) is 4.79 Å². The van der Waals surface area contributed by atoms with Crippen molar-refractivity contribution in [3.63, 3.8) is 0 Å². The Balaban J connectivity index is 2.02. The third kappa shape index (κ3) is 4.87. The Kier molecular flexibility index (Phi) is 5.75. The van der Waals surface area contributed by atoms with Crippen LogP contribution in [0.2, 0.25) is 0 Å². The minimum absolute atomic E-state index is 0.146. The van der Waals surface area contributed by atoms with E-state index in [-0.39, 0.29) is 5.97 Å². The van der Waals surface area contributed by atoms with Crippen molar-refractivity contribution < 1.29 is 9.53 Å². The highest BCUT2D eigenvalue weighted by molar-refractivity contribution is 5.72. The average Bonchev–Trinajstić information content (AvgIpc) is 2.44. The van der Waals surface area contributed by atoms with Gasteiger partial charge in [0.05, 0.1) is 6.54 Å². The van der Waals surface area contributed by atoms with Gasteiger partial charge >= 0.3 is 5.97 Å². The third-order valence-corrected chi connectivity index (χ3v) is 4.20. The summed E-state index contributed by atoms with van der Waals surface area (Å²) in [6, 6.07) is 9.14. The minimum atomic E-state index is -0.427. The van der Waals surface area contributed by atoms with Crippen LogP contribution in [0.15, 0.2) is 24.3 Å². The van der Waals surface area contributed by atoms with Gasteiger partial charge in [0.25, 0.3) is 0 Å². The highest BCUT2D eigenvalue weighted by Crippen LogP contribution is 2.27. The summed E-state index contributed by atoms with van der Waals surface area (Å²) in [4.78, 5) is 16.7. The highest BCUT2D eigenvalue weighted by Gasteiger charge is 2.31. The van der Waals surface area contributed by atoms with E-state index in [0.29, 0.717) is 18.6 Å². The molecule has 1 aromatic rings. The Hall–Kier alpha value is -1.75. The van der Waals surface area contributed by atoms with Gasteiger partial charge in [0.1, 0.15) is 5.60 Å². The lowest BCUT2D eigenvalue weighted by Crippen LogP contribution is -2.58. The number of esters is 1. The smallest absolute Gasteiger partial charge is 0.320 e. The van der Waals surface area contributed by atoms with Gasteiger partial charge in [0, 0.05) is 43.6 Å². The highest BCUT2D eigenvalue weighted by atomic mass is 16.6. The lowest BCUT2D eigenvalue weighted by Gasteiger charge is -2.45. The van der Waals surface area contributed by atoms with Crippen LogP contribution < -0.4 is 10.2 Å². The van der Waals surface area contributed by atoms with Gasteiger partial charge < -0.3 is 15.0 Å². The maximum atomic E-state index is 12.1. The van der Waals surface area contributed by atoms with E-state index in [1.165, 1.54) is 5.69 Å². The van der Waals surface area contributed by atoms with E-state index < -0.39 is 5.60 Å². The van der Waals surface area contributed by atoms with Crippen molar-refractivity contribution in [1.29, 1.82) is 0 Å². The number of nitrogens with one attached hydrogen (secondary N) is 1. The van der Waals surface area contributed by atoms with Gasteiger partial charge in [0.2, 0.25) is 0 Å². The fraction of sp³-hybridized carbons (Fsp3) is 0.632. The first kappa shape index (κ1) is 18.6. The van der Waals surface area contributed by atoms with Crippen molar-refractivity contribution in [1.82, 2.24) is 4.90 Å². The van der Waals surface area contributed by atoms with E-state index in [1.807, 2.05) is 27.8 Å². The lowest BCUT2D eigenvalue weighted by atomic mass is 10.1. The van der Waals surface area contributed by atoms with Crippen molar-refractivity contribution in [3.05, 3.63) is 24.3 Å². The quantitative estimate of drug-likeness (QED) is 0.858. The molecule has 5 heteroatoms. The van der Waals surface area contributed by atoms with Crippen molar-refractivity contribution in [2.75, 3.05) is 36.9 Å². The topological polar surface area (TPSA) is 44.8 Å². The number of benzene rings is 1. The Bertz CT molecular complexity index is 556. The first-order chi connectivity index (χ1) is 11.2. The standard InChI is InChI=1S/C19H31N3O2/c1-14-11-21(13-18(23)24-19(3,4)5)12-15(2)22(14)17-9-7-8-16(10-17)20-6/h7-10,14-15,20H,11-13H2,1-6H3. The molecule has 2 unspecified atom stereocenters. The average molecular weight is 333 g/mol. The third-order valence-electron chi connectivity index (χ3n) is 4.20. The summed E-state index contributed by atoms with van der Waals surface area (Å²) in [7, 11) is 1.94. The van der Waals surface area contributed by atoms with Gasteiger partial charge in [-0.1, -0.05) is 6.07 Å². The van der Waals surface area contributed by atoms with Gasteiger partial charge in [0.15, 0.2) is 0 Å². The molecule has 134 valence electrons. The van der Waals surface area contributed by atoms with E-state index in [2.05, 4.69) is 53.2 Å². The molecule has 1 heterocycles. The molecule has 0 amide bonds. The predicted molar refractivity (Wildman–Crippen MR) is 99.7 cm³/mol. The second kappa shape index (κ2) is 7.43. The van der Waals surface area contributed by atoms with Gasteiger partial charge in [-0.2, -0.15) is 0 Å². The SMILES string of the molecule is CNc1cccc(N2C(C)CN(CC(=O)OC(C)(C)C)CC2C)c1. The summed E-state index contributed by atoms with van der Waals surface area (Å²) in [5.74, 6) is -0.146. The van der Waals surface area contributed by atoms with Crippen molar-refractivity contribution >= 4 is 17.3 Å². The van der Waals surface area contributed by atoms with Crippen LogP contribution in [-0.2, 0) is 9.53 Å². The Morgan fingerprint density at radius 1 is 1.25 bits per heavy atom. The number of nitrogens with zero attached hydrogens (tertiary/aromatic N) is 2. The maximum absolute atomic E-state index is 12.1. The molecule has 1 N–H and O–H groups in total. The van der Waals surface area contributed by atoms with Crippen LogP contribution in [0.4, 0.5) is 11.4 Å². The zero-order valence-corrected chi connectivity index (χ0v) is 15.8. The van der Waals surface area contributed by atoms with Gasteiger partial charge in [-0.15, -0.1) is 0 Å². The van der Waals surface area contributed by atoms with E-state index in [0.717, 1.165) is 18.8 Å². The molecule has 0 aliphatic carbocycles.